The van der Waals surface area contributed by atoms with Gasteiger partial charge in [0.2, 0.25) is 0 Å². The predicted octanol–water partition coefficient (Wildman–Crippen LogP) is 6.08. The molecule has 1 saturated carbocycles. The second-order valence-electron chi connectivity index (χ2n) is 16.2. The summed E-state index contributed by atoms with van der Waals surface area (Å²) < 4.78 is 29.8. The lowest BCUT2D eigenvalue weighted by Gasteiger charge is -2.61. The zero-order valence-electron chi connectivity index (χ0n) is 29.2. The first kappa shape index (κ1) is 34.3. The smallest absolute Gasteiger partial charge is 0.509 e. The summed E-state index contributed by atoms with van der Waals surface area (Å²) in [6.07, 6.45) is 1.51. The van der Waals surface area contributed by atoms with E-state index < -0.39 is 61.2 Å². The molecule has 1 aliphatic heterocycles. The largest absolute Gasteiger partial charge is 0.541 e. The molecule has 1 aromatic carbocycles. The number of hydrogen-bond acceptors (Lipinski definition) is 9. The summed E-state index contributed by atoms with van der Waals surface area (Å²) in [5, 5.41) is 15.1. The molecule has 2 bridgehead atoms. The van der Waals surface area contributed by atoms with E-state index in [4.69, 9.17) is 23.4 Å². The van der Waals surface area contributed by atoms with Crippen molar-refractivity contribution in [3.63, 3.8) is 0 Å². The van der Waals surface area contributed by atoms with Crippen LogP contribution in [0, 0.1) is 11.8 Å². The third kappa shape index (κ3) is 5.61. The Kier molecular flexibility index (Phi) is 8.41. The van der Waals surface area contributed by atoms with Gasteiger partial charge in [-0.05, 0) is 108 Å². The van der Waals surface area contributed by atoms with Crippen LogP contribution in [-0.2, 0) is 35.6 Å². The number of hydrogen-bond donors (Lipinski definition) is 2. The molecule has 2 N–H and O–H groups in total. The van der Waals surface area contributed by atoms with E-state index in [2.05, 4.69) is 52.2 Å². The maximum atomic E-state index is 13.4. The number of carbonyl (C=O) groups is 3. The first-order valence-electron chi connectivity index (χ1n) is 16.5. The third-order valence-electron chi connectivity index (χ3n) is 10.9. The van der Waals surface area contributed by atoms with E-state index in [1.165, 1.54) is 13.8 Å². The monoisotopic (exact) mass is 657 g/mol. The van der Waals surface area contributed by atoms with Gasteiger partial charge < -0.3 is 33.8 Å². The Labute approximate surface area is 273 Å². The van der Waals surface area contributed by atoms with Gasteiger partial charge in [0, 0.05) is 5.56 Å². The molecule has 46 heavy (non-hydrogen) atoms. The highest BCUT2D eigenvalue weighted by atomic mass is 28.4. The maximum absolute atomic E-state index is 13.4. The molecule has 0 aromatic heterocycles. The molecule has 254 valence electrons. The Morgan fingerprint density at radius 3 is 2.41 bits per heavy atom. The minimum absolute atomic E-state index is 0.0242. The average molecular weight is 658 g/mol. The molecule has 1 unspecified atom stereocenters. The Morgan fingerprint density at radius 1 is 1.11 bits per heavy atom. The predicted molar refractivity (Wildman–Crippen MR) is 174 cm³/mol. The number of carbonyl (C=O) groups excluding carboxylic acids is 3. The molecular weight excluding hydrogens is 606 g/mol. The van der Waals surface area contributed by atoms with Crippen molar-refractivity contribution in [3.8, 4) is 11.5 Å². The number of aliphatic hydroxyl groups is 1. The van der Waals surface area contributed by atoms with Gasteiger partial charge in [0.25, 0.3) is 14.2 Å². The fraction of sp³-hybridized carbons (Fsp3) is 0.686. The second-order valence-corrected chi connectivity index (χ2v) is 20.9. The minimum atomic E-state index is -2.24. The fourth-order valence-electron chi connectivity index (χ4n) is 7.38. The van der Waals surface area contributed by atoms with Gasteiger partial charge in [-0.2, -0.15) is 0 Å². The zero-order chi connectivity index (χ0) is 34.2. The number of nitrogens with one attached hydrogen (secondary N) is 1. The van der Waals surface area contributed by atoms with E-state index in [9.17, 15) is 19.5 Å². The molecule has 1 amide bonds. The van der Waals surface area contributed by atoms with Crippen molar-refractivity contribution < 1.29 is 42.9 Å². The van der Waals surface area contributed by atoms with Crippen LogP contribution >= 0.6 is 0 Å². The first-order valence-corrected chi connectivity index (χ1v) is 19.4. The van der Waals surface area contributed by atoms with Gasteiger partial charge in [-0.25, -0.2) is 9.59 Å². The van der Waals surface area contributed by atoms with Crippen LogP contribution in [0.1, 0.15) is 92.7 Å². The molecule has 1 heterocycles. The van der Waals surface area contributed by atoms with Crippen molar-refractivity contribution in [2.24, 2.45) is 11.8 Å². The minimum Gasteiger partial charge on any atom is -0.541 e. The molecule has 0 radical (unpaired) electrons. The average Bonchev–Trinajstić information content (AvgIpc) is 3.27. The summed E-state index contributed by atoms with van der Waals surface area (Å²) >= 11 is 0. The Balaban J connectivity index is 1.41. The van der Waals surface area contributed by atoms with Crippen LogP contribution in [0.2, 0.25) is 18.1 Å². The van der Waals surface area contributed by atoms with E-state index in [0.717, 1.165) is 24.0 Å². The number of esters is 1. The van der Waals surface area contributed by atoms with Crippen molar-refractivity contribution in [1.29, 1.82) is 0 Å². The Hall–Kier alpha value is -3.05. The van der Waals surface area contributed by atoms with Gasteiger partial charge in [0.05, 0.1) is 11.0 Å². The summed E-state index contributed by atoms with van der Waals surface area (Å²) in [6.45, 7) is 21.1. The van der Waals surface area contributed by atoms with E-state index in [0.29, 0.717) is 36.0 Å². The van der Waals surface area contributed by atoms with Crippen molar-refractivity contribution in [2.75, 3.05) is 0 Å². The molecule has 5 rings (SSSR count). The Morgan fingerprint density at radius 2 is 1.78 bits per heavy atom. The first-order chi connectivity index (χ1) is 21.1. The summed E-state index contributed by atoms with van der Waals surface area (Å²) in [5.41, 5.74) is -0.525. The van der Waals surface area contributed by atoms with Crippen molar-refractivity contribution in [2.45, 2.75) is 141 Å². The van der Waals surface area contributed by atoms with Crippen LogP contribution < -0.4 is 14.5 Å². The number of amides is 1. The van der Waals surface area contributed by atoms with Gasteiger partial charge >= 0.3 is 12.1 Å². The summed E-state index contributed by atoms with van der Waals surface area (Å²) in [7, 11) is -2.24. The van der Waals surface area contributed by atoms with Crippen LogP contribution in [0.4, 0.5) is 4.79 Å². The molecular formula is C35H51NO9Si. The van der Waals surface area contributed by atoms with E-state index >= 15 is 0 Å². The topological polar surface area (TPSA) is 130 Å². The van der Waals surface area contributed by atoms with E-state index in [1.807, 2.05) is 6.07 Å². The Bertz CT molecular complexity index is 1460. The summed E-state index contributed by atoms with van der Waals surface area (Å²) in [6, 6.07) is 3.07. The van der Waals surface area contributed by atoms with Crippen LogP contribution in [-0.4, -0.2) is 60.9 Å². The van der Waals surface area contributed by atoms with Crippen LogP contribution in [0.15, 0.2) is 24.0 Å². The van der Waals surface area contributed by atoms with Crippen LogP contribution in [0.25, 0.3) is 0 Å². The standard InChI is InChI=1S/C35H51NO9Si/c1-19-14-16-34-26-22-12-13-24(45-46(10,11)33(7,8)9)27(26)43-28(34)25(15-17-35(34,40)23(19)18-22)42-30(38)20(2)36-29(37)21(3)41-31(39)44-32(4,5)6/h12-13,15,19-21,23,28,40H,14,16-18H2,1-11H3,(H,36,37)/t19?,20-,21-,23-,28-,34-,35+/m0/s1. The van der Waals surface area contributed by atoms with Crippen molar-refractivity contribution >= 4 is 26.3 Å². The lowest BCUT2D eigenvalue weighted by atomic mass is 9.45. The van der Waals surface area contributed by atoms with Gasteiger partial charge in [-0.3, -0.25) is 4.79 Å². The quantitative estimate of drug-likeness (QED) is 0.265. The number of ether oxygens (including phenoxy) is 4. The highest BCUT2D eigenvalue weighted by molar-refractivity contribution is 6.74. The zero-order valence-corrected chi connectivity index (χ0v) is 30.2. The normalized spacial score (nSPS) is 29.3. The fourth-order valence-corrected chi connectivity index (χ4v) is 8.40. The van der Waals surface area contributed by atoms with Gasteiger partial charge in [-0.15, -0.1) is 0 Å². The number of benzene rings is 1. The highest BCUT2D eigenvalue weighted by Crippen LogP contribution is 2.68. The molecule has 0 saturated heterocycles. The van der Waals surface area contributed by atoms with E-state index in [1.54, 1.807) is 26.8 Å². The molecule has 10 nitrogen and oxygen atoms in total. The summed E-state index contributed by atoms with van der Waals surface area (Å²) in [5.74, 6) is 0.601. The molecule has 1 fully saturated rings. The van der Waals surface area contributed by atoms with Crippen LogP contribution in [0.3, 0.4) is 0 Å². The lowest BCUT2D eigenvalue weighted by Crippen LogP contribution is -2.69. The third-order valence-corrected chi connectivity index (χ3v) is 15.2. The molecule has 4 aliphatic rings. The maximum Gasteiger partial charge on any atom is 0.509 e. The van der Waals surface area contributed by atoms with Gasteiger partial charge in [0.1, 0.15) is 23.2 Å². The molecule has 7 atom stereocenters. The molecule has 3 aliphatic carbocycles. The van der Waals surface area contributed by atoms with Crippen LogP contribution in [0.5, 0.6) is 11.5 Å². The highest BCUT2D eigenvalue weighted by Gasteiger charge is 2.72. The van der Waals surface area contributed by atoms with Gasteiger partial charge in [-0.1, -0.05) is 33.8 Å². The molecule has 11 heteroatoms. The second kappa shape index (κ2) is 11.3. The number of rotatable bonds is 7. The van der Waals surface area contributed by atoms with E-state index in [-0.39, 0.29) is 11.0 Å². The molecule has 1 spiro atoms. The van der Waals surface area contributed by atoms with Gasteiger partial charge in [0.15, 0.2) is 18.0 Å². The SMILES string of the molecule is CC1CC[C@]23c4c5ccc(O[Si](C)(C)C(C)(C)C)c4O[C@H]2C(OC(=O)[C@H](C)NC(=O)[C@H](C)OC(=O)OC(C)(C)C)=CC[C@@]3(O)[C@H]1C5. The lowest BCUT2D eigenvalue weighted by molar-refractivity contribution is -0.171. The van der Waals surface area contributed by atoms with Crippen molar-refractivity contribution in [1.82, 2.24) is 5.32 Å². The summed E-state index contributed by atoms with van der Waals surface area (Å²) in [4.78, 5) is 38.2. The van der Waals surface area contributed by atoms with Crippen molar-refractivity contribution in [3.05, 3.63) is 35.1 Å². The molecule has 1 aromatic rings.